The summed E-state index contributed by atoms with van der Waals surface area (Å²) in [5.74, 6) is -0.446. The zero-order valence-electron chi connectivity index (χ0n) is 14.6. The van der Waals surface area contributed by atoms with Gasteiger partial charge in [0.2, 0.25) is 5.91 Å². The van der Waals surface area contributed by atoms with Crippen LogP contribution < -0.4 is 16.6 Å². The van der Waals surface area contributed by atoms with Crippen LogP contribution >= 0.6 is 11.6 Å². The Balaban J connectivity index is 1.89. The number of hydrogen-bond acceptors (Lipinski definition) is 4. The molecule has 0 aliphatic heterocycles. The quantitative estimate of drug-likeness (QED) is 0.735. The first kappa shape index (κ1) is 17.9. The number of halogens is 1. The fourth-order valence-corrected chi connectivity index (χ4v) is 3.02. The van der Waals surface area contributed by atoms with Crippen molar-refractivity contribution in [3.8, 4) is 0 Å². The van der Waals surface area contributed by atoms with Gasteiger partial charge in [-0.3, -0.25) is 14.2 Å². The lowest BCUT2D eigenvalue weighted by Gasteiger charge is -2.15. The maximum Gasteiger partial charge on any atom is 0.332 e. The molecule has 8 nitrogen and oxygen atoms in total. The molecule has 2 heterocycles. The van der Waals surface area contributed by atoms with Crippen molar-refractivity contribution in [2.45, 2.75) is 19.5 Å². The van der Waals surface area contributed by atoms with Crippen LogP contribution in [0.15, 0.2) is 40.2 Å². The fourth-order valence-electron chi connectivity index (χ4n) is 2.83. The van der Waals surface area contributed by atoms with Crippen molar-refractivity contribution < 1.29 is 4.79 Å². The van der Waals surface area contributed by atoms with Crippen LogP contribution in [0.2, 0.25) is 5.02 Å². The molecule has 0 fully saturated rings. The molecule has 0 spiro atoms. The summed E-state index contributed by atoms with van der Waals surface area (Å²) in [6, 6.07) is 6.80. The van der Waals surface area contributed by atoms with Gasteiger partial charge in [-0.15, -0.1) is 0 Å². The highest BCUT2D eigenvalue weighted by Gasteiger charge is 2.18. The molecule has 0 radical (unpaired) electrons. The summed E-state index contributed by atoms with van der Waals surface area (Å²) in [6.07, 6.45) is 1.46. The zero-order chi connectivity index (χ0) is 19.0. The van der Waals surface area contributed by atoms with Crippen molar-refractivity contribution in [1.82, 2.24) is 24.0 Å². The second-order valence-corrected chi connectivity index (χ2v) is 6.54. The molecule has 136 valence electrons. The van der Waals surface area contributed by atoms with Crippen molar-refractivity contribution in [1.29, 1.82) is 0 Å². The van der Waals surface area contributed by atoms with Crippen LogP contribution in [0.1, 0.15) is 18.5 Å². The maximum atomic E-state index is 12.6. The van der Waals surface area contributed by atoms with Gasteiger partial charge in [-0.25, -0.2) is 14.3 Å². The number of nitrogens with one attached hydrogen (secondary N) is 1. The fraction of sp³-hybridized carbons (Fsp3) is 0.294. The highest BCUT2D eigenvalue weighted by molar-refractivity contribution is 6.30. The monoisotopic (exact) mass is 375 g/mol. The van der Waals surface area contributed by atoms with E-state index in [9.17, 15) is 14.4 Å². The average Bonchev–Trinajstić information content (AvgIpc) is 2.98. The lowest BCUT2D eigenvalue weighted by Crippen LogP contribution is -2.43. The molecule has 26 heavy (non-hydrogen) atoms. The Kier molecular flexibility index (Phi) is 4.69. The molecule has 0 aliphatic rings. The Morgan fingerprint density at radius 1 is 1.31 bits per heavy atom. The molecule has 0 bridgehead atoms. The number of benzene rings is 1. The van der Waals surface area contributed by atoms with Gasteiger partial charge in [0.25, 0.3) is 5.56 Å². The molecule has 1 aromatic carbocycles. The van der Waals surface area contributed by atoms with E-state index >= 15 is 0 Å². The van der Waals surface area contributed by atoms with Gasteiger partial charge >= 0.3 is 5.69 Å². The number of fused-ring (bicyclic) bond motifs is 1. The largest absolute Gasteiger partial charge is 0.348 e. The van der Waals surface area contributed by atoms with Crippen LogP contribution in [-0.4, -0.2) is 24.6 Å². The van der Waals surface area contributed by atoms with E-state index in [1.165, 1.54) is 22.5 Å². The highest BCUT2D eigenvalue weighted by Crippen LogP contribution is 2.17. The predicted octanol–water partition coefficient (Wildman–Crippen LogP) is 0.964. The number of rotatable bonds is 4. The molecule has 1 N–H and O–H groups in total. The van der Waals surface area contributed by atoms with Crippen molar-refractivity contribution in [3.63, 3.8) is 0 Å². The third-order valence-corrected chi connectivity index (χ3v) is 4.46. The Morgan fingerprint density at radius 3 is 2.73 bits per heavy atom. The Hall–Kier alpha value is -2.87. The van der Waals surface area contributed by atoms with Gasteiger partial charge in [0.15, 0.2) is 11.2 Å². The number of amides is 1. The summed E-state index contributed by atoms with van der Waals surface area (Å²) in [5, 5.41) is 3.34. The summed E-state index contributed by atoms with van der Waals surface area (Å²) in [6.45, 7) is 1.42. The van der Waals surface area contributed by atoms with Crippen LogP contribution in [0.5, 0.6) is 0 Å². The van der Waals surface area contributed by atoms with Gasteiger partial charge in [-0.2, -0.15) is 0 Å². The zero-order valence-corrected chi connectivity index (χ0v) is 15.3. The van der Waals surface area contributed by atoms with Gasteiger partial charge in [-0.05, 0) is 24.6 Å². The summed E-state index contributed by atoms with van der Waals surface area (Å²) >= 11 is 5.96. The number of carbonyl (C=O) groups is 1. The third-order valence-electron chi connectivity index (χ3n) is 4.23. The number of aromatic nitrogens is 4. The number of hydrogen-bond donors (Lipinski definition) is 1. The third kappa shape index (κ3) is 3.15. The number of imidazole rings is 1. The maximum absolute atomic E-state index is 12.6. The van der Waals surface area contributed by atoms with E-state index in [1.54, 1.807) is 32.2 Å². The summed E-state index contributed by atoms with van der Waals surface area (Å²) in [5.41, 5.74) is 0.239. The number of aryl methyl sites for hydroxylation is 2. The molecule has 1 atom stereocenters. The smallest absolute Gasteiger partial charge is 0.332 e. The Bertz CT molecular complexity index is 1110. The second kappa shape index (κ2) is 6.80. The predicted molar refractivity (Wildman–Crippen MR) is 98.2 cm³/mol. The molecular formula is C17H18ClN5O3. The lowest BCUT2D eigenvalue weighted by molar-refractivity contribution is -0.122. The summed E-state index contributed by atoms with van der Waals surface area (Å²) < 4.78 is 3.69. The summed E-state index contributed by atoms with van der Waals surface area (Å²) in [7, 11) is 3.17. The topological polar surface area (TPSA) is 90.9 Å². The Labute approximate surface area is 153 Å². The molecule has 3 aromatic rings. The Morgan fingerprint density at radius 2 is 2.04 bits per heavy atom. The van der Waals surface area contributed by atoms with Gasteiger partial charge in [0.1, 0.15) is 6.54 Å². The van der Waals surface area contributed by atoms with E-state index in [-0.39, 0.29) is 23.8 Å². The minimum atomic E-state index is -0.591. The van der Waals surface area contributed by atoms with E-state index < -0.39 is 17.2 Å². The minimum absolute atomic E-state index is 0.266. The minimum Gasteiger partial charge on any atom is -0.348 e. The SMILES string of the molecule is C[C@@H](NC(=O)Cn1c(=O)c2c(ncn2C)n(C)c1=O)c1cccc(Cl)c1. The first-order valence-electron chi connectivity index (χ1n) is 7.95. The second-order valence-electron chi connectivity index (χ2n) is 6.10. The molecule has 0 aliphatic carbocycles. The number of carbonyl (C=O) groups excluding carboxylic acids is 1. The van der Waals surface area contributed by atoms with Gasteiger partial charge in [0.05, 0.1) is 12.4 Å². The van der Waals surface area contributed by atoms with Crippen LogP contribution in [-0.2, 0) is 25.4 Å². The van der Waals surface area contributed by atoms with Crippen molar-refractivity contribution in [2.75, 3.05) is 0 Å². The lowest BCUT2D eigenvalue weighted by atomic mass is 10.1. The molecule has 0 saturated heterocycles. The normalized spacial score (nSPS) is 12.3. The molecule has 0 saturated carbocycles. The van der Waals surface area contributed by atoms with Crippen LogP contribution in [0.25, 0.3) is 11.2 Å². The number of nitrogens with zero attached hydrogens (tertiary/aromatic N) is 4. The van der Waals surface area contributed by atoms with Crippen LogP contribution in [0.4, 0.5) is 0 Å². The molecule has 2 aromatic heterocycles. The molecule has 0 unspecified atom stereocenters. The van der Waals surface area contributed by atoms with Crippen molar-refractivity contribution in [2.24, 2.45) is 14.1 Å². The van der Waals surface area contributed by atoms with Gasteiger partial charge < -0.3 is 9.88 Å². The first-order chi connectivity index (χ1) is 12.3. The van der Waals surface area contributed by atoms with Crippen molar-refractivity contribution >= 4 is 28.7 Å². The van der Waals surface area contributed by atoms with Gasteiger partial charge in [-0.1, -0.05) is 23.7 Å². The summed E-state index contributed by atoms with van der Waals surface area (Å²) in [4.78, 5) is 41.5. The van der Waals surface area contributed by atoms with E-state index in [0.29, 0.717) is 5.02 Å². The molecule has 1 amide bonds. The highest BCUT2D eigenvalue weighted by atomic mass is 35.5. The van der Waals surface area contributed by atoms with E-state index in [4.69, 9.17) is 11.6 Å². The average molecular weight is 376 g/mol. The van der Waals surface area contributed by atoms with Crippen LogP contribution in [0, 0.1) is 0 Å². The standard InChI is InChI=1S/C17H18ClN5O3/c1-10(11-5-4-6-12(18)7-11)20-13(24)8-23-16(25)14-15(19-9-21(14)2)22(3)17(23)26/h4-7,9-10H,8H2,1-3H3,(H,20,24)/t10-/m1/s1. The molecule has 3 rings (SSSR count). The van der Waals surface area contributed by atoms with E-state index in [1.807, 2.05) is 6.07 Å². The van der Waals surface area contributed by atoms with E-state index in [0.717, 1.165) is 10.1 Å². The molecule has 9 heteroatoms. The molecular weight excluding hydrogens is 358 g/mol. The first-order valence-corrected chi connectivity index (χ1v) is 8.33. The van der Waals surface area contributed by atoms with Crippen molar-refractivity contribution in [3.05, 3.63) is 62.0 Å². The van der Waals surface area contributed by atoms with E-state index in [2.05, 4.69) is 10.3 Å². The van der Waals surface area contributed by atoms with Crippen LogP contribution in [0.3, 0.4) is 0 Å². The van der Waals surface area contributed by atoms with Gasteiger partial charge in [0, 0.05) is 19.1 Å².